The van der Waals surface area contributed by atoms with E-state index in [0.29, 0.717) is 5.56 Å². The van der Waals surface area contributed by atoms with Crippen LogP contribution in [0, 0.1) is 0 Å². The van der Waals surface area contributed by atoms with E-state index in [1.165, 1.54) is 0 Å². The fourth-order valence-corrected chi connectivity index (χ4v) is 5.67. The highest BCUT2D eigenvalue weighted by Crippen LogP contribution is 2.44. The molecule has 1 aliphatic carbocycles. The summed E-state index contributed by atoms with van der Waals surface area (Å²) >= 11 is 4.98. The van der Waals surface area contributed by atoms with Crippen LogP contribution in [0.4, 0.5) is 4.79 Å². The molecular formula is C26H24BrNO4S. The Morgan fingerprint density at radius 3 is 2.21 bits per heavy atom. The summed E-state index contributed by atoms with van der Waals surface area (Å²) in [5.41, 5.74) is 5.00. The van der Waals surface area contributed by atoms with Gasteiger partial charge in [0.15, 0.2) is 6.04 Å². The van der Waals surface area contributed by atoms with Crippen molar-refractivity contribution in [2.75, 3.05) is 6.61 Å². The molecule has 0 fully saturated rings. The Morgan fingerprint density at radius 1 is 1.03 bits per heavy atom. The summed E-state index contributed by atoms with van der Waals surface area (Å²) in [6, 6.07) is 20.3. The third kappa shape index (κ3) is 5.09. The van der Waals surface area contributed by atoms with Crippen molar-refractivity contribution in [1.82, 2.24) is 5.32 Å². The highest BCUT2D eigenvalue weighted by molar-refractivity contribution is 9.10. The number of halogens is 1. The normalized spacial score (nSPS) is 13.3. The van der Waals surface area contributed by atoms with E-state index in [4.69, 9.17) is 4.74 Å². The van der Waals surface area contributed by atoms with Crippen LogP contribution in [-0.2, 0) is 9.53 Å². The summed E-state index contributed by atoms with van der Waals surface area (Å²) in [4.78, 5) is 25.6. The molecule has 0 spiro atoms. The van der Waals surface area contributed by atoms with Crippen LogP contribution in [0.3, 0.4) is 0 Å². The number of hydrogen-bond acceptors (Lipinski definition) is 4. The molecule has 1 aliphatic rings. The number of carbonyl (C=O) groups is 2. The van der Waals surface area contributed by atoms with Gasteiger partial charge in [-0.15, -0.1) is 11.8 Å². The van der Waals surface area contributed by atoms with Crippen LogP contribution >= 0.6 is 27.7 Å². The summed E-state index contributed by atoms with van der Waals surface area (Å²) in [6.45, 7) is 4.19. The Balaban J connectivity index is 1.51. The van der Waals surface area contributed by atoms with E-state index in [-0.39, 0.29) is 17.8 Å². The lowest BCUT2D eigenvalue weighted by Gasteiger charge is -2.20. The summed E-state index contributed by atoms with van der Waals surface area (Å²) in [6.07, 6.45) is -0.757. The Bertz CT molecular complexity index is 1150. The van der Waals surface area contributed by atoms with E-state index in [2.05, 4.69) is 33.4 Å². The molecule has 0 bridgehead atoms. The standard InChI is InChI=1S/C26H24BrNO4S/c1-15(2)33-23-13-16(27)11-12-21(23)24(25(29)30)28-26(31)32-14-22-19-9-5-3-7-17(19)18-8-4-6-10-20(18)22/h3-13,15,22,24H,14H2,1-2H3,(H,28,31)(H,29,30). The molecule has 4 rings (SSSR count). The number of carboxylic acid groups (broad SMARTS) is 1. The van der Waals surface area contributed by atoms with Crippen molar-refractivity contribution >= 4 is 39.8 Å². The molecule has 3 aromatic rings. The zero-order valence-electron chi connectivity index (χ0n) is 18.2. The van der Waals surface area contributed by atoms with E-state index < -0.39 is 18.1 Å². The van der Waals surface area contributed by atoms with Crippen molar-refractivity contribution in [2.24, 2.45) is 0 Å². The van der Waals surface area contributed by atoms with Gasteiger partial charge in [0.05, 0.1) is 0 Å². The minimum Gasteiger partial charge on any atom is -0.479 e. The van der Waals surface area contributed by atoms with E-state index in [0.717, 1.165) is 31.6 Å². The topological polar surface area (TPSA) is 75.6 Å². The van der Waals surface area contributed by atoms with Crippen LogP contribution in [0.5, 0.6) is 0 Å². The maximum absolute atomic E-state index is 12.7. The Hall–Kier alpha value is -2.77. The maximum Gasteiger partial charge on any atom is 0.408 e. The van der Waals surface area contributed by atoms with Gasteiger partial charge >= 0.3 is 12.1 Å². The van der Waals surface area contributed by atoms with E-state index >= 15 is 0 Å². The third-order valence-corrected chi connectivity index (χ3v) is 7.07. The number of carbonyl (C=O) groups excluding carboxylic acids is 1. The molecule has 0 heterocycles. The number of rotatable bonds is 7. The van der Waals surface area contributed by atoms with Gasteiger partial charge in [0.2, 0.25) is 0 Å². The lowest BCUT2D eigenvalue weighted by Crippen LogP contribution is -2.35. The first-order valence-corrected chi connectivity index (χ1v) is 12.3. The molecule has 0 saturated heterocycles. The first-order chi connectivity index (χ1) is 15.8. The molecule has 1 atom stereocenters. The molecule has 1 unspecified atom stereocenters. The molecule has 3 aromatic carbocycles. The lowest BCUT2D eigenvalue weighted by atomic mass is 9.98. The second-order valence-electron chi connectivity index (χ2n) is 8.09. The lowest BCUT2D eigenvalue weighted by molar-refractivity contribution is -0.139. The van der Waals surface area contributed by atoms with Crippen molar-refractivity contribution in [3.8, 4) is 11.1 Å². The van der Waals surface area contributed by atoms with E-state index in [1.54, 1.807) is 23.9 Å². The zero-order chi connectivity index (χ0) is 23.5. The van der Waals surface area contributed by atoms with E-state index in [1.807, 2.05) is 56.3 Å². The number of amides is 1. The molecule has 5 nitrogen and oxygen atoms in total. The molecule has 1 amide bonds. The van der Waals surface area contributed by atoms with E-state index in [9.17, 15) is 14.7 Å². The largest absolute Gasteiger partial charge is 0.479 e. The first kappa shape index (κ1) is 23.4. The van der Waals surface area contributed by atoms with Gasteiger partial charge in [-0.05, 0) is 39.9 Å². The van der Waals surface area contributed by atoms with Gasteiger partial charge in [-0.1, -0.05) is 84.4 Å². The number of carboxylic acids is 1. The molecular weight excluding hydrogens is 502 g/mol. The average Bonchev–Trinajstić information content (AvgIpc) is 3.10. The molecule has 33 heavy (non-hydrogen) atoms. The highest BCUT2D eigenvalue weighted by Gasteiger charge is 2.30. The van der Waals surface area contributed by atoms with Gasteiger partial charge in [-0.25, -0.2) is 9.59 Å². The maximum atomic E-state index is 12.7. The van der Waals surface area contributed by atoms with Crippen LogP contribution in [0.15, 0.2) is 76.1 Å². The van der Waals surface area contributed by atoms with Gasteiger partial charge in [0, 0.05) is 20.5 Å². The van der Waals surface area contributed by atoms with Crippen molar-refractivity contribution in [3.05, 3.63) is 87.9 Å². The number of alkyl carbamates (subject to hydrolysis) is 1. The zero-order valence-corrected chi connectivity index (χ0v) is 20.7. The minimum atomic E-state index is -1.21. The predicted octanol–water partition coefficient (Wildman–Crippen LogP) is 6.61. The molecule has 0 aromatic heterocycles. The minimum absolute atomic E-state index is 0.0915. The van der Waals surface area contributed by atoms with Crippen molar-refractivity contribution in [1.29, 1.82) is 0 Å². The van der Waals surface area contributed by atoms with Crippen LogP contribution in [0.1, 0.15) is 42.5 Å². The van der Waals surface area contributed by atoms with Gasteiger partial charge in [-0.3, -0.25) is 0 Å². The molecule has 0 radical (unpaired) electrons. The monoisotopic (exact) mass is 525 g/mol. The fourth-order valence-electron chi connectivity index (χ4n) is 4.13. The number of fused-ring (bicyclic) bond motifs is 3. The van der Waals surface area contributed by atoms with Gasteiger partial charge in [-0.2, -0.15) is 0 Å². The Kier molecular flexibility index (Phi) is 7.10. The molecule has 0 aliphatic heterocycles. The number of nitrogens with one attached hydrogen (secondary N) is 1. The van der Waals surface area contributed by atoms with Gasteiger partial charge in [0.25, 0.3) is 0 Å². The first-order valence-electron chi connectivity index (χ1n) is 10.7. The van der Waals surface area contributed by atoms with Gasteiger partial charge in [0.1, 0.15) is 6.61 Å². The van der Waals surface area contributed by atoms with Gasteiger partial charge < -0.3 is 15.2 Å². The second-order valence-corrected chi connectivity index (χ2v) is 10.6. The number of benzene rings is 3. The Morgan fingerprint density at radius 2 is 1.64 bits per heavy atom. The summed E-state index contributed by atoms with van der Waals surface area (Å²) in [7, 11) is 0. The second kappa shape index (κ2) is 10.0. The molecule has 7 heteroatoms. The fraction of sp³-hybridized carbons (Fsp3) is 0.231. The predicted molar refractivity (Wildman–Crippen MR) is 134 cm³/mol. The third-order valence-electron chi connectivity index (χ3n) is 5.50. The SMILES string of the molecule is CC(C)Sc1cc(Br)ccc1C(NC(=O)OCC1c2ccccc2-c2ccccc21)C(=O)O. The summed E-state index contributed by atoms with van der Waals surface area (Å²) in [5.74, 6) is -1.23. The summed E-state index contributed by atoms with van der Waals surface area (Å²) < 4.78 is 6.40. The highest BCUT2D eigenvalue weighted by atomic mass is 79.9. The van der Waals surface area contributed by atoms with Crippen molar-refractivity contribution in [3.63, 3.8) is 0 Å². The van der Waals surface area contributed by atoms with Crippen LogP contribution in [0.2, 0.25) is 0 Å². The smallest absolute Gasteiger partial charge is 0.408 e. The van der Waals surface area contributed by atoms with Crippen LogP contribution in [-0.4, -0.2) is 29.0 Å². The Labute approximate surface area is 205 Å². The quantitative estimate of drug-likeness (QED) is 0.339. The molecule has 0 saturated carbocycles. The number of aliphatic carboxylic acids is 1. The molecule has 170 valence electrons. The number of thioether (sulfide) groups is 1. The molecule has 2 N–H and O–H groups in total. The number of ether oxygens (including phenoxy) is 1. The van der Waals surface area contributed by atoms with Crippen LogP contribution < -0.4 is 5.32 Å². The van der Waals surface area contributed by atoms with Crippen molar-refractivity contribution in [2.45, 2.75) is 36.0 Å². The van der Waals surface area contributed by atoms with Crippen molar-refractivity contribution < 1.29 is 19.4 Å². The average molecular weight is 526 g/mol. The number of hydrogen-bond donors (Lipinski definition) is 2. The summed E-state index contributed by atoms with van der Waals surface area (Å²) in [5, 5.41) is 12.7. The van der Waals surface area contributed by atoms with Crippen LogP contribution in [0.25, 0.3) is 11.1 Å².